The average molecular weight is 824 g/mol. The molecule has 0 bridgehead atoms. The molecular weight excluding hydrogens is 779 g/mol. The molecular formula is C60H45N3O. The molecule has 0 N–H and O–H groups in total. The number of allylic oxidation sites excluding steroid dienone is 8. The molecule has 0 saturated heterocycles. The van der Waals surface area contributed by atoms with Crippen LogP contribution in [-0.4, -0.2) is 15.0 Å². The van der Waals surface area contributed by atoms with E-state index in [0.29, 0.717) is 17.5 Å². The van der Waals surface area contributed by atoms with Crippen LogP contribution in [0.4, 0.5) is 0 Å². The van der Waals surface area contributed by atoms with Crippen LogP contribution in [0.1, 0.15) is 59.8 Å². The van der Waals surface area contributed by atoms with Crippen LogP contribution < -0.4 is 4.74 Å². The molecule has 0 saturated carbocycles. The van der Waals surface area contributed by atoms with Gasteiger partial charge < -0.3 is 4.74 Å². The summed E-state index contributed by atoms with van der Waals surface area (Å²) >= 11 is 0. The van der Waals surface area contributed by atoms with E-state index in [2.05, 4.69) is 202 Å². The van der Waals surface area contributed by atoms with Crippen molar-refractivity contribution in [3.8, 4) is 61.9 Å². The number of nitrogens with zero attached hydrogens (tertiary/aromatic N) is 3. The van der Waals surface area contributed by atoms with E-state index in [1.54, 1.807) is 0 Å². The fourth-order valence-corrected chi connectivity index (χ4v) is 10.6. The number of aromatic nitrogens is 3. The van der Waals surface area contributed by atoms with Crippen LogP contribution in [0.2, 0.25) is 0 Å². The molecule has 0 spiro atoms. The van der Waals surface area contributed by atoms with Gasteiger partial charge in [-0.05, 0) is 105 Å². The van der Waals surface area contributed by atoms with E-state index < -0.39 is 5.41 Å². The lowest BCUT2D eigenvalue weighted by molar-refractivity contribution is 0.373. The van der Waals surface area contributed by atoms with Crippen LogP contribution in [0.15, 0.2) is 212 Å². The van der Waals surface area contributed by atoms with Crippen LogP contribution in [-0.2, 0) is 17.3 Å². The van der Waals surface area contributed by atoms with Crippen molar-refractivity contribution in [2.45, 2.75) is 43.4 Å². The van der Waals surface area contributed by atoms with E-state index in [-0.39, 0.29) is 11.3 Å². The number of fused-ring (bicyclic) bond motifs is 6. The van der Waals surface area contributed by atoms with Gasteiger partial charge in [0.05, 0.1) is 11.3 Å². The van der Waals surface area contributed by atoms with Crippen LogP contribution in [0, 0.1) is 0 Å². The highest BCUT2D eigenvalue weighted by atomic mass is 16.5. The Morgan fingerprint density at radius 1 is 0.562 bits per heavy atom. The molecule has 4 heteroatoms. The van der Waals surface area contributed by atoms with Gasteiger partial charge in [0.15, 0.2) is 11.6 Å². The number of benzene rings is 7. The summed E-state index contributed by atoms with van der Waals surface area (Å²) in [6, 6.07) is 60.5. The third-order valence-corrected chi connectivity index (χ3v) is 13.9. The highest BCUT2D eigenvalue weighted by Gasteiger charge is 2.47. The van der Waals surface area contributed by atoms with Gasteiger partial charge in [-0.15, -0.1) is 0 Å². The van der Waals surface area contributed by atoms with Gasteiger partial charge in [-0.3, -0.25) is 0 Å². The van der Waals surface area contributed by atoms with Crippen LogP contribution in [0.5, 0.6) is 5.75 Å². The Bertz CT molecular complexity index is 3270. The van der Waals surface area contributed by atoms with Gasteiger partial charge in [0.25, 0.3) is 0 Å². The fourth-order valence-electron chi connectivity index (χ4n) is 10.6. The topological polar surface area (TPSA) is 47.9 Å². The smallest absolute Gasteiger partial charge is 0.164 e. The molecule has 8 aromatic rings. The first-order valence-corrected chi connectivity index (χ1v) is 22.3. The minimum absolute atomic E-state index is 0.145. The van der Waals surface area contributed by atoms with Crippen molar-refractivity contribution >= 4 is 5.57 Å². The highest BCUT2D eigenvalue weighted by Crippen LogP contribution is 2.54. The Labute approximate surface area is 374 Å². The number of hydrogen-bond acceptors (Lipinski definition) is 4. The van der Waals surface area contributed by atoms with Crippen molar-refractivity contribution in [3.05, 3.63) is 246 Å². The summed E-state index contributed by atoms with van der Waals surface area (Å²) in [6.07, 6.45) is 15.4. The molecule has 1 aliphatic heterocycles. The second-order valence-electron chi connectivity index (χ2n) is 18.0. The lowest BCUT2D eigenvalue weighted by Crippen LogP contribution is -2.33. The van der Waals surface area contributed by atoms with E-state index in [4.69, 9.17) is 19.7 Å². The van der Waals surface area contributed by atoms with Gasteiger partial charge >= 0.3 is 0 Å². The lowest BCUT2D eigenvalue weighted by Gasteiger charge is -2.34. The van der Waals surface area contributed by atoms with Gasteiger partial charge in [-0.25, -0.2) is 15.0 Å². The number of hydrogen-bond donors (Lipinski definition) is 0. The Hall–Kier alpha value is -7.69. The quantitative estimate of drug-likeness (QED) is 0.161. The van der Waals surface area contributed by atoms with Crippen molar-refractivity contribution < 1.29 is 4.74 Å². The predicted octanol–water partition coefficient (Wildman–Crippen LogP) is 14.3. The zero-order chi connectivity index (χ0) is 42.8. The number of ether oxygens (including phenoxy) is 1. The molecule has 4 aliphatic rings. The predicted molar refractivity (Wildman–Crippen MR) is 260 cm³/mol. The van der Waals surface area contributed by atoms with E-state index in [1.165, 1.54) is 33.4 Å². The first-order chi connectivity index (χ1) is 31.4. The molecule has 306 valence electrons. The molecule has 3 atom stereocenters. The monoisotopic (exact) mass is 823 g/mol. The first kappa shape index (κ1) is 38.0. The van der Waals surface area contributed by atoms with Crippen molar-refractivity contribution in [1.82, 2.24) is 15.0 Å². The maximum atomic E-state index is 6.64. The Balaban J connectivity index is 1.04. The maximum absolute atomic E-state index is 6.64. The third kappa shape index (κ3) is 6.32. The van der Waals surface area contributed by atoms with Crippen molar-refractivity contribution in [2.75, 3.05) is 0 Å². The standard InChI is InChI=1S/C60H45N3O/c1-59(52-27-14-26-48-46-25-13-12-23-44(46)37-49(48)52)33-15-24-45(38-59)47-31-29-42(39-17-6-3-7-18-39)35-50(47)57-61-56(41-21-10-5-11-22-41)62-58(63-57)60(2)34-16-28-54-55(60)51-36-43(30-32-53(51)64-54)40-19-8-4-9-20-40/h3-32,34-36,38,55H,33,37H2,1-2H3. The zero-order valence-electron chi connectivity index (χ0n) is 35.9. The molecule has 0 fully saturated rings. The number of rotatable bonds is 7. The molecule has 0 radical (unpaired) electrons. The normalized spacial score (nSPS) is 20.1. The zero-order valence-corrected chi connectivity index (χ0v) is 35.9. The van der Waals surface area contributed by atoms with Crippen LogP contribution >= 0.6 is 0 Å². The summed E-state index contributed by atoms with van der Waals surface area (Å²) in [4.78, 5) is 16.4. The molecule has 64 heavy (non-hydrogen) atoms. The maximum Gasteiger partial charge on any atom is 0.164 e. The lowest BCUT2D eigenvalue weighted by atomic mass is 9.70. The second-order valence-corrected chi connectivity index (χ2v) is 18.0. The molecule has 4 nitrogen and oxygen atoms in total. The van der Waals surface area contributed by atoms with E-state index in [9.17, 15) is 0 Å². The van der Waals surface area contributed by atoms with Crippen LogP contribution in [0.3, 0.4) is 0 Å². The summed E-state index contributed by atoms with van der Waals surface area (Å²) in [7, 11) is 0. The second kappa shape index (κ2) is 15.0. The molecule has 12 rings (SSSR count). The largest absolute Gasteiger partial charge is 0.461 e. The third-order valence-electron chi connectivity index (χ3n) is 13.9. The van der Waals surface area contributed by atoms with E-state index in [1.807, 2.05) is 18.2 Å². The Kier molecular flexibility index (Phi) is 8.91. The van der Waals surface area contributed by atoms with E-state index in [0.717, 1.165) is 68.9 Å². The van der Waals surface area contributed by atoms with Crippen LogP contribution in [0.25, 0.3) is 61.7 Å². The first-order valence-electron chi connectivity index (χ1n) is 22.3. The van der Waals surface area contributed by atoms with Gasteiger partial charge in [-0.1, -0.05) is 189 Å². The van der Waals surface area contributed by atoms with E-state index >= 15 is 0 Å². The molecule has 7 aromatic carbocycles. The summed E-state index contributed by atoms with van der Waals surface area (Å²) in [5.74, 6) is 3.58. The fraction of sp³-hybridized carbons (Fsp3) is 0.117. The molecule has 0 amide bonds. The average Bonchev–Trinajstić information content (AvgIpc) is 3.94. The Morgan fingerprint density at radius 3 is 2.02 bits per heavy atom. The summed E-state index contributed by atoms with van der Waals surface area (Å²) in [5.41, 5.74) is 15.8. The summed E-state index contributed by atoms with van der Waals surface area (Å²) in [6.45, 7) is 4.65. The highest BCUT2D eigenvalue weighted by molar-refractivity contribution is 5.89. The molecule has 3 unspecified atom stereocenters. The van der Waals surface area contributed by atoms with Gasteiger partial charge in [-0.2, -0.15) is 0 Å². The molecule has 2 heterocycles. The van der Waals surface area contributed by atoms with Crippen molar-refractivity contribution in [1.29, 1.82) is 0 Å². The summed E-state index contributed by atoms with van der Waals surface area (Å²) in [5, 5.41) is 0. The Morgan fingerprint density at radius 2 is 1.23 bits per heavy atom. The summed E-state index contributed by atoms with van der Waals surface area (Å²) < 4.78 is 6.64. The van der Waals surface area contributed by atoms with Crippen molar-refractivity contribution in [3.63, 3.8) is 0 Å². The SMILES string of the molecule is CC1(c2cccc3c2Cc2ccccc2-3)C=C(c2ccc(-c3ccccc3)cc2-c2nc(-c3ccccc3)nc(C3(C)C=CC=C4Oc5ccc(-c6ccccc6)cc5C43)n2)C=CC1. The van der Waals surface area contributed by atoms with Gasteiger partial charge in [0.2, 0.25) is 0 Å². The molecule has 1 aromatic heterocycles. The van der Waals surface area contributed by atoms with Crippen molar-refractivity contribution in [2.24, 2.45) is 0 Å². The van der Waals surface area contributed by atoms with Gasteiger partial charge in [0.1, 0.15) is 17.3 Å². The molecule has 3 aliphatic carbocycles. The minimum atomic E-state index is -0.670. The van der Waals surface area contributed by atoms with Gasteiger partial charge in [0, 0.05) is 22.1 Å². The minimum Gasteiger partial charge on any atom is -0.461 e.